The maximum Gasteiger partial charge on any atom is 0.419 e. The number of aryl methyl sites for hydroxylation is 3. The van der Waals surface area contributed by atoms with Crippen molar-refractivity contribution in [1.29, 1.82) is 0 Å². The van der Waals surface area contributed by atoms with Gasteiger partial charge in [-0.25, -0.2) is 9.80 Å². The predicted molar refractivity (Wildman–Crippen MR) is 115 cm³/mol. The Morgan fingerprint density at radius 3 is 2.71 bits per heavy atom. The number of amides is 2. The number of rotatable bonds is 5. The molecule has 0 radical (unpaired) electrons. The third-order valence-corrected chi connectivity index (χ3v) is 5.73. The fourth-order valence-corrected chi connectivity index (χ4v) is 3.98. The Morgan fingerprint density at radius 2 is 1.97 bits per heavy atom. The molecule has 9 nitrogen and oxygen atoms in total. The quantitative estimate of drug-likeness (QED) is 0.564. The van der Waals surface area contributed by atoms with Crippen LogP contribution in [0.3, 0.4) is 0 Å². The molecule has 0 bridgehead atoms. The van der Waals surface area contributed by atoms with Crippen molar-refractivity contribution in [2.45, 2.75) is 26.3 Å². The fraction of sp³-hybridized carbons (Fsp3) is 0.333. The highest BCUT2D eigenvalue weighted by Crippen LogP contribution is 2.21. The van der Waals surface area contributed by atoms with Crippen molar-refractivity contribution < 1.29 is 14.0 Å². The van der Waals surface area contributed by atoms with Crippen molar-refractivity contribution >= 4 is 40.6 Å². The van der Waals surface area contributed by atoms with Gasteiger partial charge in [-0.3, -0.25) is 23.8 Å². The molecule has 1 aromatic carbocycles. The summed E-state index contributed by atoms with van der Waals surface area (Å²) in [5.41, 5.74) is 2.50. The van der Waals surface area contributed by atoms with Crippen LogP contribution in [-0.2, 0) is 23.2 Å². The first-order chi connectivity index (χ1) is 14.9. The van der Waals surface area contributed by atoms with Crippen LogP contribution in [0.15, 0.2) is 39.6 Å². The van der Waals surface area contributed by atoms with Gasteiger partial charge in [0.25, 0.3) is 5.91 Å². The summed E-state index contributed by atoms with van der Waals surface area (Å²) in [5.74, 6) is -1.04. The molecule has 2 amide bonds. The van der Waals surface area contributed by atoms with E-state index in [9.17, 15) is 14.4 Å². The number of aromatic nitrogens is 3. The third kappa shape index (κ3) is 4.00. The van der Waals surface area contributed by atoms with Crippen molar-refractivity contribution in [2.24, 2.45) is 7.05 Å². The van der Waals surface area contributed by atoms with E-state index in [0.29, 0.717) is 47.0 Å². The average molecular weight is 444 g/mol. The van der Waals surface area contributed by atoms with Gasteiger partial charge in [-0.1, -0.05) is 23.7 Å². The SMILES string of the molecule is Cc1nn(C)c(Cl)c1/C=C/C(=O)N1CCCN1C(=O)CCn1c(=O)oc2ccccc21. The molecule has 0 saturated carbocycles. The molecule has 0 spiro atoms. The summed E-state index contributed by atoms with van der Waals surface area (Å²) in [6.07, 6.45) is 3.78. The molecular formula is C21H22ClN5O4. The van der Waals surface area contributed by atoms with E-state index in [1.54, 1.807) is 37.4 Å². The van der Waals surface area contributed by atoms with Gasteiger partial charge < -0.3 is 4.42 Å². The van der Waals surface area contributed by atoms with Gasteiger partial charge in [-0.2, -0.15) is 5.10 Å². The Balaban J connectivity index is 1.44. The zero-order chi connectivity index (χ0) is 22.1. The highest BCUT2D eigenvalue weighted by Gasteiger charge is 2.29. The second kappa shape index (κ2) is 8.43. The lowest BCUT2D eigenvalue weighted by Gasteiger charge is -2.27. The fourth-order valence-electron chi connectivity index (χ4n) is 3.74. The lowest BCUT2D eigenvalue weighted by atomic mass is 10.2. The summed E-state index contributed by atoms with van der Waals surface area (Å²) in [7, 11) is 1.73. The molecule has 0 atom stereocenters. The first-order valence-corrected chi connectivity index (χ1v) is 10.3. The summed E-state index contributed by atoms with van der Waals surface area (Å²) in [6, 6.07) is 7.06. The number of oxazole rings is 1. The van der Waals surface area contributed by atoms with Gasteiger partial charge >= 0.3 is 5.76 Å². The second-order valence-corrected chi connectivity index (χ2v) is 7.67. The van der Waals surface area contributed by atoms with E-state index in [2.05, 4.69) is 5.10 Å². The van der Waals surface area contributed by atoms with E-state index in [1.165, 1.54) is 25.3 Å². The standard InChI is InChI=1S/C21H22ClN5O4/c1-14-15(20(22)24(2)23-14)8-9-18(28)26-11-5-12-27(26)19(29)10-13-25-16-6-3-4-7-17(16)31-21(25)30/h3-4,6-9H,5,10-13H2,1-2H3/b9-8+. The molecule has 3 heterocycles. The van der Waals surface area contributed by atoms with E-state index >= 15 is 0 Å². The molecule has 1 saturated heterocycles. The van der Waals surface area contributed by atoms with E-state index in [4.69, 9.17) is 16.0 Å². The molecule has 3 aromatic rings. The van der Waals surface area contributed by atoms with Crippen LogP contribution in [-0.4, -0.2) is 49.3 Å². The first-order valence-electron chi connectivity index (χ1n) is 9.94. The van der Waals surface area contributed by atoms with Crippen molar-refractivity contribution in [3.63, 3.8) is 0 Å². The Kier molecular flexibility index (Phi) is 5.69. The van der Waals surface area contributed by atoms with Crippen LogP contribution in [0.5, 0.6) is 0 Å². The second-order valence-electron chi connectivity index (χ2n) is 7.32. The Bertz CT molecular complexity index is 1240. The molecule has 2 aromatic heterocycles. The number of para-hydroxylation sites is 2. The van der Waals surface area contributed by atoms with Gasteiger partial charge in [-0.15, -0.1) is 0 Å². The summed E-state index contributed by atoms with van der Waals surface area (Å²) in [4.78, 5) is 37.6. The summed E-state index contributed by atoms with van der Waals surface area (Å²) < 4.78 is 8.17. The Morgan fingerprint density at radius 1 is 1.23 bits per heavy atom. The van der Waals surface area contributed by atoms with E-state index in [1.807, 2.05) is 6.92 Å². The molecular weight excluding hydrogens is 422 g/mol. The van der Waals surface area contributed by atoms with Crippen LogP contribution in [0.1, 0.15) is 24.1 Å². The predicted octanol–water partition coefficient (Wildman–Crippen LogP) is 2.37. The van der Waals surface area contributed by atoms with Crippen LogP contribution < -0.4 is 5.76 Å². The monoisotopic (exact) mass is 443 g/mol. The molecule has 0 aliphatic carbocycles. The topological polar surface area (TPSA) is 93.6 Å². The average Bonchev–Trinajstić information content (AvgIpc) is 3.41. The minimum absolute atomic E-state index is 0.0739. The van der Waals surface area contributed by atoms with E-state index in [0.717, 1.165) is 0 Å². The van der Waals surface area contributed by atoms with Gasteiger partial charge in [-0.05, 0) is 31.6 Å². The van der Waals surface area contributed by atoms with Crippen LogP contribution in [0.4, 0.5) is 0 Å². The molecule has 0 unspecified atom stereocenters. The number of hydrogen-bond donors (Lipinski definition) is 0. The van der Waals surface area contributed by atoms with Crippen LogP contribution >= 0.6 is 11.6 Å². The molecule has 162 valence electrons. The number of fused-ring (bicyclic) bond motifs is 1. The minimum Gasteiger partial charge on any atom is -0.408 e. The number of benzene rings is 1. The van der Waals surface area contributed by atoms with Gasteiger partial charge in [0.15, 0.2) is 5.58 Å². The number of nitrogens with zero attached hydrogens (tertiary/aromatic N) is 5. The lowest BCUT2D eigenvalue weighted by Crippen LogP contribution is -2.44. The van der Waals surface area contributed by atoms with Gasteiger partial charge in [0.05, 0.1) is 11.2 Å². The molecule has 4 rings (SSSR count). The molecule has 10 heteroatoms. The summed E-state index contributed by atoms with van der Waals surface area (Å²) in [6.45, 7) is 2.88. The van der Waals surface area contributed by atoms with Crippen LogP contribution in [0.2, 0.25) is 5.15 Å². The van der Waals surface area contributed by atoms with Crippen molar-refractivity contribution in [1.82, 2.24) is 24.4 Å². The van der Waals surface area contributed by atoms with E-state index < -0.39 is 5.76 Å². The van der Waals surface area contributed by atoms with Gasteiger partial charge in [0, 0.05) is 44.7 Å². The number of hydrazine groups is 1. The minimum atomic E-state index is -0.505. The summed E-state index contributed by atoms with van der Waals surface area (Å²) in [5, 5.41) is 7.52. The summed E-state index contributed by atoms with van der Waals surface area (Å²) >= 11 is 6.20. The van der Waals surface area contributed by atoms with Crippen molar-refractivity contribution in [3.05, 3.63) is 57.3 Å². The van der Waals surface area contributed by atoms with Crippen LogP contribution in [0, 0.1) is 6.92 Å². The normalized spacial score (nSPS) is 14.3. The maximum absolute atomic E-state index is 12.8. The third-order valence-electron chi connectivity index (χ3n) is 5.29. The maximum atomic E-state index is 12.8. The number of carbonyl (C=O) groups excluding carboxylic acids is 2. The van der Waals surface area contributed by atoms with Crippen LogP contribution in [0.25, 0.3) is 17.2 Å². The highest BCUT2D eigenvalue weighted by atomic mass is 35.5. The Hall–Kier alpha value is -3.33. The zero-order valence-electron chi connectivity index (χ0n) is 17.2. The number of hydrogen-bond acceptors (Lipinski definition) is 5. The molecule has 1 aliphatic heterocycles. The highest BCUT2D eigenvalue weighted by molar-refractivity contribution is 6.31. The number of halogens is 1. The molecule has 1 aliphatic rings. The van der Waals surface area contributed by atoms with E-state index in [-0.39, 0.29) is 24.8 Å². The lowest BCUT2D eigenvalue weighted by molar-refractivity contribution is -0.154. The van der Waals surface area contributed by atoms with Gasteiger partial charge in [0.1, 0.15) is 5.15 Å². The smallest absolute Gasteiger partial charge is 0.408 e. The molecule has 31 heavy (non-hydrogen) atoms. The first kappa shape index (κ1) is 20.9. The zero-order valence-corrected chi connectivity index (χ0v) is 18.0. The molecule has 0 N–H and O–H groups in total. The van der Waals surface area contributed by atoms with Crippen molar-refractivity contribution in [3.8, 4) is 0 Å². The van der Waals surface area contributed by atoms with Crippen molar-refractivity contribution in [2.75, 3.05) is 13.1 Å². The Labute approximate surface area is 183 Å². The molecule has 1 fully saturated rings. The largest absolute Gasteiger partial charge is 0.419 e. The number of carbonyl (C=O) groups is 2. The van der Waals surface area contributed by atoms with Gasteiger partial charge in [0.2, 0.25) is 5.91 Å².